The van der Waals surface area contributed by atoms with E-state index < -0.39 is 29.6 Å². The fourth-order valence-corrected chi connectivity index (χ4v) is 2.97. The van der Waals surface area contributed by atoms with Gasteiger partial charge >= 0.3 is 18.0 Å². The topological polar surface area (TPSA) is 102 Å². The molecule has 0 aromatic rings. The van der Waals surface area contributed by atoms with Crippen molar-refractivity contribution in [1.82, 2.24) is 5.32 Å². The Hall–Kier alpha value is -1.44. The van der Waals surface area contributed by atoms with Crippen molar-refractivity contribution in [3.8, 4) is 0 Å². The lowest BCUT2D eigenvalue weighted by Crippen LogP contribution is -2.37. The first-order valence-corrected chi connectivity index (χ1v) is 8.87. The first-order chi connectivity index (χ1) is 10.8. The minimum absolute atomic E-state index is 0.0482. The van der Waals surface area contributed by atoms with Crippen LogP contribution in [-0.4, -0.2) is 47.0 Å². The van der Waals surface area contributed by atoms with Crippen LogP contribution in [0.25, 0.3) is 0 Å². The lowest BCUT2D eigenvalue weighted by Gasteiger charge is -2.18. The van der Waals surface area contributed by atoms with Gasteiger partial charge in [-0.25, -0.2) is 4.79 Å². The molecule has 0 spiro atoms. The third-order valence-electron chi connectivity index (χ3n) is 3.25. The zero-order valence-electron chi connectivity index (χ0n) is 14.2. The van der Waals surface area contributed by atoms with Gasteiger partial charge in [-0.15, -0.1) is 11.8 Å². The highest BCUT2D eigenvalue weighted by atomic mass is 32.2. The molecule has 2 atom stereocenters. The van der Waals surface area contributed by atoms with Crippen molar-refractivity contribution < 1.29 is 29.0 Å². The number of rotatable bonds is 11. The van der Waals surface area contributed by atoms with Gasteiger partial charge in [0.15, 0.2) is 0 Å². The summed E-state index contributed by atoms with van der Waals surface area (Å²) >= 11 is 1.31. The largest absolute Gasteiger partial charge is 0.480 e. The number of thioether (sulfide) groups is 1. The number of ether oxygens (including phenoxy) is 2. The number of alkyl carbamates (subject to hydrolysis) is 1. The second kappa shape index (κ2) is 12.0. The summed E-state index contributed by atoms with van der Waals surface area (Å²) in [4.78, 5) is 33.8. The van der Waals surface area contributed by atoms with E-state index in [1.54, 1.807) is 6.92 Å². The third-order valence-corrected chi connectivity index (χ3v) is 4.69. The molecule has 134 valence electrons. The van der Waals surface area contributed by atoms with Gasteiger partial charge < -0.3 is 19.9 Å². The Morgan fingerprint density at radius 3 is 2.22 bits per heavy atom. The summed E-state index contributed by atoms with van der Waals surface area (Å²) in [6, 6.07) is 0. The van der Waals surface area contributed by atoms with Crippen LogP contribution in [-0.2, 0) is 19.1 Å². The fraction of sp³-hybridized carbons (Fsp3) is 0.800. The van der Waals surface area contributed by atoms with Gasteiger partial charge in [0.25, 0.3) is 0 Å². The molecule has 0 aliphatic heterocycles. The number of amides is 1. The minimum atomic E-state index is -1.01. The minimum Gasteiger partial charge on any atom is -0.480 e. The van der Waals surface area contributed by atoms with Gasteiger partial charge in [0, 0.05) is 19.9 Å². The number of carboxylic acids is 1. The Morgan fingerprint density at radius 2 is 1.74 bits per heavy atom. The number of hydrogen-bond acceptors (Lipinski definition) is 6. The highest BCUT2D eigenvalue weighted by Gasteiger charge is 2.21. The lowest BCUT2D eigenvalue weighted by atomic mass is 10.1. The Morgan fingerprint density at radius 1 is 1.13 bits per heavy atom. The molecule has 8 heteroatoms. The molecule has 7 nitrogen and oxygen atoms in total. The van der Waals surface area contributed by atoms with Gasteiger partial charge in [-0.3, -0.25) is 9.59 Å². The van der Waals surface area contributed by atoms with Crippen LogP contribution in [0.4, 0.5) is 4.79 Å². The van der Waals surface area contributed by atoms with Crippen LogP contribution in [0.1, 0.15) is 47.0 Å². The monoisotopic (exact) mass is 349 g/mol. The van der Waals surface area contributed by atoms with E-state index in [2.05, 4.69) is 19.2 Å². The van der Waals surface area contributed by atoms with Gasteiger partial charge in [0.2, 0.25) is 6.29 Å². The zero-order valence-corrected chi connectivity index (χ0v) is 15.0. The molecule has 0 aromatic heterocycles. The number of esters is 1. The molecule has 0 unspecified atom stereocenters. The molecular weight excluding hydrogens is 322 g/mol. The van der Waals surface area contributed by atoms with Crippen LogP contribution in [0.15, 0.2) is 0 Å². The highest BCUT2D eigenvalue weighted by molar-refractivity contribution is 8.00. The van der Waals surface area contributed by atoms with Crippen LogP contribution in [0.3, 0.4) is 0 Å². The van der Waals surface area contributed by atoms with Gasteiger partial charge in [-0.05, 0) is 11.7 Å². The van der Waals surface area contributed by atoms with Crippen LogP contribution < -0.4 is 5.32 Å². The van der Waals surface area contributed by atoms with E-state index in [-0.39, 0.29) is 13.0 Å². The lowest BCUT2D eigenvalue weighted by molar-refractivity contribution is -0.164. The molecule has 23 heavy (non-hydrogen) atoms. The Kier molecular flexibility index (Phi) is 11.3. The molecule has 1 amide bonds. The van der Waals surface area contributed by atoms with Crippen molar-refractivity contribution in [3.63, 3.8) is 0 Å². The van der Waals surface area contributed by atoms with E-state index in [0.29, 0.717) is 5.92 Å². The maximum absolute atomic E-state index is 11.6. The smallest absolute Gasteiger partial charge is 0.410 e. The van der Waals surface area contributed by atoms with E-state index in [1.165, 1.54) is 18.7 Å². The molecule has 0 heterocycles. The summed E-state index contributed by atoms with van der Waals surface area (Å²) in [7, 11) is 0. The molecule has 0 aliphatic rings. The molecule has 2 N–H and O–H groups in total. The summed E-state index contributed by atoms with van der Waals surface area (Å²) < 4.78 is 9.61. The predicted octanol–water partition coefficient (Wildman–Crippen LogP) is 2.63. The van der Waals surface area contributed by atoms with E-state index in [0.717, 1.165) is 18.6 Å². The highest BCUT2D eigenvalue weighted by Crippen LogP contribution is 2.19. The number of nitrogens with one attached hydrogen (secondary N) is 1. The van der Waals surface area contributed by atoms with Crippen molar-refractivity contribution >= 4 is 29.8 Å². The standard InChI is InChI=1S/C15H27NO6S/c1-5-11(6-2)9-23-12(14(18)19)8-16-15(20)22-10(4)21-13(17)7-3/h10-12H,5-9H2,1-4H3,(H,16,20)(H,18,19)/t10-,12+/m1/s1. The normalized spacial score (nSPS) is 13.3. The maximum atomic E-state index is 11.6. The maximum Gasteiger partial charge on any atom is 0.410 e. The van der Waals surface area contributed by atoms with Gasteiger partial charge in [0.05, 0.1) is 0 Å². The molecule has 0 saturated carbocycles. The van der Waals surface area contributed by atoms with E-state index in [1.807, 2.05) is 0 Å². The fourth-order valence-electron chi connectivity index (χ4n) is 1.66. The average Bonchev–Trinajstić information content (AvgIpc) is 2.50. The van der Waals surface area contributed by atoms with Crippen LogP contribution in [0, 0.1) is 5.92 Å². The van der Waals surface area contributed by atoms with E-state index in [4.69, 9.17) is 9.47 Å². The van der Waals surface area contributed by atoms with E-state index in [9.17, 15) is 19.5 Å². The van der Waals surface area contributed by atoms with Crippen molar-refractivity contribution in [3.05, 3.63) is 0 Å². The summed E-state index contributed by atoms with van der Waals surface area (Å²) in [6.45, 7) is 7.14. The number of carbonyl (C=O) groups is 3. The number of carboxylic acid groups (broad SMARTS) is 1. The summed E-state index contributed by atoms with van der Waals surface area (Å²) in [6.07, 6.45) is 0.346. The third kappa shape index (κ3) is 10.0. The molecule has 0 bridgehead atoms. The van der Waals surface area contributed by atoms with E-state index >= 15 is 0 Å². The van der Waals surface area contributed by atoms with Gasteiger partial charge in [-0.1, -0.05) is 33.6 Å². The second-order valence-corrected chi connectivity index (χ2v) is 6.28. The van der Waals surface area contributed by atoms with Crippen molar-refractivity contribution in [1.29, 1.82) is 0 Å². The van der Waals surface area contributed by atoms with Crippen molar-refractivity contribution in [2.75, 3.05) is 12.3 Å². The molecule has 0 rings (SSSR count). The number of carbonyl (C=O) groups excluding carboxylic acids is 2. The SMILES string of the molecule is CCC(=O)O[C@@H](C)OC(=O)NC[C@H](SCC(CC)CC)C(=O)O. The van der Waals surface area contributed by atoms with Crippen LogP contribution >= 0.6 is 11.8 Å². The summed E-state index contributed by atoms with van der Waals surface area (Å²) in [5, 5.41) is 10.8. The molecule has 0 aliphatic carbocycles. The Balaban J connectivity index is 4.22. The first kappa shape index (κ1) is 21.6. The number of hydrogen-bond donors (Lipinski definition) is 2. The predicted molar refractivity (Wildman–Crippen MR) is 88.3 cm³/mol. The van der Waals surface area contributed by atoms with Gasteiger partial charge in [0.1, 0.15) is 5.25 Å². The van der Waals surface area contributed by atoms with Gasteiger partial charge in [-0.2, -0.15) is 0 Å². The summed E-state index contributed by atoms with van der Waals surface area (Å²) in [5.41, 5.74) is 0. The zero-order chi connectivity index (χ0) is 17.8. The van der Waals surface area contributed by atoms with Crippen LogP contribution in [0.5, 0.6) is 0 Å². The summed E-state index contributed by atoms with van der Waals surface area (Å²) in [5.74, 6) is -0.269. The Bertz CT molecular complexity index is 386. The second-order valence-electron chi connectivity index (χ2n) is 5.04. The number of aliphatic carboxylic acids is 1. The molecule has 0 saturated heterocycles. The Labute approximate surface area is 141 Å². The molecule has 0 aromatic carbocycles. The van der Waals surface area contributed by atoms with Crippen molar-refractivity contribution in [2.24, 2.45) is 5.92 Å². The van der Waals surface area contributed by atoms with Crippen molar-refractivity contribution in [2.45, 2.75) is 58.5 Å². The van der Waals surface area contributed by atoms with Crippen LogP contribution in [0.2, 0.25) is 0 Å². The first-order valence-electron chi connectivity index (χ1n) is 7.82. The average molecular weight is 349 g/mol. The quantitative estimate of drug-likeness (QED) is 0.436. The molecular formula is C15H27NO6S. The molecule has 0 radical (unpaired) electrons. The molecule has 0 fully saturated rings.